The maximum Gasteiger partial charge on any atom is 0.161 e. The number of ketones is 1. The van der Waals surface area contributed by atoms with Gasteiger partial charge in [-0.2, -0.15) is 0 Å². The number of Topliss-reactive ketones (excluding diaryl/α,β-unsaturated/α-hetero) is 1. The second-order valence-corrected chi connectivity index (χ2v) is 4.04. The highest BCUT2D eigenvalue weighted by Gasteiger charge is 2.22. The predicted molar refractivity (Wildman–Crippen MR) is 62.4 cm³/mol. The largest absolute Gasteiger partial charge is 0.508 e. The normalized spacial score (nSPS) is 14.4. The van der Waals surface area contributed by atoms with Crippen molar-refractivity contribution in [1.82, 2.24) is 0 Å². The lowest BCUT2D eigenvalue weighted by atomic mass is 9.91. The molecule has 0 saturated heterocycles. The van der Waals surface area contributed by atoms with Gasteiger partial charge in [0.25, 0.3) is 0 Å². The van der Waals surface area contributed by atoms with Crippen molar-refractivity contribution in [2.75, 3.05) is 0 Å². The second-order valence-electron chi connectivity index (χ2n) is 4.04. The molecule has 16 heavy (non-hydrogen) atoms. The van der Waals surface area contributed by atoms with Crippen LogP contribution < -0.4 is 0 Å². The Hall–Kier alpha value is -1.35. The number of benzene rings is 1. The molecule has 1 rings (SSSR count). The SMILES string of the molecule is CCCC(=O)C(O)C(C)c1ccc(O)cc1. The van der Waals surface area contributed by atoms with E-state index in [0.717, 1.165) is 12.0 Å². The van der Waals surface area contributed by atoms with Crippen molar-refractivity contribution in [1.29, 1.82) is 0 Å². The average Bonchev–Trinajstić information content (AvgIpc) is 2.28. The summed E-state index contributed by atoms with van der Waals surface area (Å²) >= 11 is 0. The number of rotatable bonds is 5. The lowest BCUT2D eigenvalue weighted by Gasteiger charge is -2.17. The number of carbonyl (C=O) groups excluding carboxylic acids is 1. The number of phenols is 1. The zero-order valence-electron chi connectivity index (χ0n) is 9.68. The number of hydrogen-bond donors (Lipinski definition) is 2. The van der Waals surface area contributed by atoms with Gasteiger partial charge in [-0.15, -0.1) is 0 Å². The number of aliphatic hydroxyl groups excluding tert-OH is 1. The van der Waals surface area contributed by atoms with E-state index in [2.05, 4.69) is 0 Å². The summed E-state index contributed by atoms with van der Waals surface area (Å²) in [4.78, 5) is 11.5. The molecule has 0 aliphatic rings. The lowest BCUT2D eigenvalue weighted by molar-refractivity contribution is -0.128. The molecule has 0 fully saturated rings. The number of hydrogen-bond acceptors (Lipinski definition) is 3. The minimum Gasteiger partial charge on any atom is -0.508 e. The maximum absolute atomic E-state index is 11.5. The molecule has 0 radical (unpaired) electrons. The van der Waals surface area contributed by atoms with Crippen LogP contribution in [0.1, 0.15) is 38.2 Å². The topological polar surface area (TPSA) is 57.5 Å². The van der Waals surface area contributed by atoms with Gasteiger partial charge >= 0.3 is 0 Å². The maximum atomic E-state index is 11.5. The zero-order chi connectivity index (χ0) is 12.1. The van der Waals surface area contributed by atoms with E-state index in [0.29, 0.717) is 6.42 Å². The molecule has 1 aromatic carbocycles. The molecule has 0 saturated carbocycles. The minimum absolute atomic E-state index is 0.122. The highest BCUT2D eigenvalue weighted by atomic mass is 16.3. The van der Waals surface area contributed by atoms with E-state index < -0.39 is 6.10 Å². The van der Waals surface area contributed by atoms with Gasteiger partial charge < -0.3 is 10.2 Å². The van der Waals surface area contributed by atoms with Gasteiger partial charge in [0.15, 0.2) is 5.78 Å². The molecule has 2 atom stereocenters. The van der Waals surface area contributed by atoms with Crippen LogP contribution >= 0.6 is 0 Å². The number of aliphatic hydroxyl groups is 1. The first-order valence-electron chi connectivity index (χ1n) is 5.56. The van der Waals surface area contributed by atoms with Gasteiger partial charge in [0.05, 0.1) is 0 Å². The van der Waals surface area contributed by atoms with E-state index in [1.54, 1.807) is 24.3 Å². The van der Waals surface area contributed by atoms with Crippen molar-refractivity contribution in [3.63, 3.8) is 0 Å². The van der Waals surface area contributed by atoms with Crippen LogP contribution in [0, 0.1) is 0 Å². The Morgan fingerprint density at radius 3 is 2.38 bits per heavy atom. The monoisotopic (exact) mass is 222 g/mol. The highest BCUT2D eigenvalue weighted by molar-refractivity contribution is 5.83. The van der Waals surface area contributed by atoms with Crippen molar-refractivity contribution in [3.05, 3.63) is 29.8 Å². The molecule has 0 aliphatic heterocycles. The summed E-state index contributed by atoms with van der Waals surface area (Å²) in [5.74, 6) is -0.173. The summed E-state index contributed by atoms with van der Waals surface area (Å²) in [6.45, 7) is 3.72. The van der Waals surface area contributed by atoms with Gasteiger partial charge in [0.2, 0.25) is 0 Å². The summed E-state index contributed by atoms with van der Waals surface area (Å²) in [6.07, 6.45) is 0.200. The Morgan fingerprint density at radius 1 is 1.31 bits per heavy atom. The summed E-state index contributed by atoms with van der Waals surface area (Å²) < 4.78 is 0. The molecule has 0 aliphatic carbocycles. The van der Waals surface area contributed by atoms with E-state index in [1.807, 2.05) is 13.8 Å². The average molecular weight is 222 g/mol. The molecule has 0 spiro atoms. The summed E-state index contributed by atoms with van der Waals surface area (Å²) in [5, 5.41) is 19.0. The molecule has 0 aromatic heterocycles. The van der Waals surface area contributed by atoms with E-state index in [-0.39, 0.29) is 17.5 Å². The molecule has 0 bridgehead atoms. The van der Waals surface area contributed by atoms with Gasteiger partial charge in [-0.25, -0.2) is 0 Å². The molecule has 0 amide bonds. The third kappa shape index (κ3) is 3.07. The Balaban J connectivity index is 2.73. The Bertz CT molecular complexity index is 343. The molecule has 3 nitrogen and oxygen atoms in total. The Kier molecular flexibility index (Phi) is 4.50. The quantitative estimate of drug-likeness (QED) is 0.803. The third-order valence-electron chi connectivity index (χ3n) is 2.72. The third-order valence-corrected chi connectivity index (χ3v) is 2.72. The Labute approximate surface area is 95.7 Å². The zero-order valence-corrected chi connectivity index (χ0v) is 9.68. The number of carbonyl (C=O) groups is 1. The van der Waals surface area contributed by atoms with Crippen LogP contribution in [0.15, 0.2) is 24.3 Å². The van der Waals surface area contributed by atoms with Crippen LogP contribution in [-0.4, -0.2) is 22.1 Å². The molecule has 2 N–H and O–H groups in total. The standard InChI is InChI=1S/C13H18O3/c1-3-4-12(15)13(16)9(2)10-5-7-11(14)8-6-10/h5-9,13-14,16H,3-4H2,1-2H3. The van der Waals surface area contributed by atoms with Gasteiger partial charge in [0.1, 0.15) is 11.9 Å². The first kappa shape index (κ1) is 12.7. The van der Waals surface area contributed by atoms with E-state index in [4.69, 9.17) is 5.11 Å². The first-order valence-corrected chi connectivity index (χ1v) is 5.56. The molecular formula is C13H18O3. The highest BCUT2D eigenvalue weighted by Crippen LogP contribution is 2.22. The molecule has 1 aromatic rings. The number of phenolic OH excluding ortho intramolecular Hbond substituents is 1. The van der Waals surface area contributed by atoms with Crippen LogP contribution in [0.2, 0.25) is 0 Å². The van der Waals surface area contributed by atoms with Crippen LogP contribution in [0.25, 0.3) is 0 Å². The summed E-state index contributed by atoms with van der Waals surface area (Å²) in [5.41, 5.74) is 0.856. The van der Waals surface area contributed by atoms with Crippen LogP contribution in [0.3, 0.4) is 0 Å². The van der Waals surface area contributed by atoms with Crippen molar-refractivity contribution in [2.45, 2.75) is 38.7 Å². The van der Waals surface area contributed by atoms with Crippen molar-refractivity contribution >= 4 is 5.78 Å². The van der Waals surface area contributed by atoms with E-state index >= 15 is 0 Å². The Morgan fingerprint density at radius 2 is 1.88 bits per heavy atom. The van der Waals surface area contributed by atoms with Crippen molar-refractivity contribution in [3.8, 4) is 5.75 Å². The van der Waals surface area contributed by atoms with Crippen LogP contribution in [0.4, 0.5) is 0 Å². The van der Waals surface area contributed by atoms with Gasteiger partial charge in [-0.05, 0) is 24.1 Å². The fourth-order valence-corrected chi connectivity index (χ4v) is 1.63. The predicted octanol–water partition coefficient (Wildman–Crippen LogP) is 2.23. The molecule has 3 heteroatoms. The van der Waals surface area contributed by atoms with E-state index in [9.17, 15) is 9.90 Å². The van der Waals surface area contributed by atoms with Crippen LogP contribution in [-0.2, 0) is 4.79 Å². The fraction of sp³-hybridized carbons (Fsp3) is 0.462. The second kappa shape index (κ2) is 5.66. The minimum atomic E-state index is -0.954. The van der Waals surface area contributed by atoms with Gasteiger partial charge in [-0.1, -0.05) is 26.0 Å². The summed E-state index contributed by atoms with van der Waals surface area (Å²) in [6, 6.07) is 6.57. The lowest BCUT2D eigenvalue weighted by Crippen LogP contribution is -2.26. The van der Waals surface area contributed by atoms with Crippen molar-refractivity contribution in [2.24, 2.45) is 0 Å². The molecule has 0 heterocycles. The number of aromatic hydroxyl groups is 1. The molecule has 2 unspecified atom stereocenters. The van der Waals surface area contributed by atoms with Gasteiger partial charge in [0, 0.05) is 12.3 Å². The summed E-state index contributed by atoms with van der Waals surface area (Å²) in [7, 11) is 0. The molecule has 88 valence electrons. The van der Waals surface area contributed by atoms with Crippen LogP contribution in [0.5, 0.6) is 5.75 Å². The van der Waals surface area contributed by atoms with Crippen molar-refractivity contribution < 1.29 is 15.0 Å². The molecular weight excluding hydrogens is 204 g/mol. The first-order chi connectivity index (χ1) is 7.56. The van der Waals surface area contributed by atoms with Gasteiger partial charge in [-0.3, -0.25) is 4.79 Å². The smallest absolute Gasteiger partial charge is 0.161 e. The fourth-order valence-electron chi connectivity index (χ4n) is 1.63. The van der Waals surface area contributed by atoms with E-state index in [1.165, 1.54) is 0 Å².